The molecule has 0 N–H and O–H groups in total. The Morgan fingerprint density at radius 1 is 0.241 bits per heavy atom. The van der Waals surface area contributed by atoms with Crippen molar-refractivity contribution >= 4 is 87.0 Å². The summed E-state index contributed by atoms with van der Waals surface area (Å²) in [6.45, 7) is 0. The van der Waals surface area contributed by atoms with Crippen molar-refractivity contribution in [3.05, 3.63) is 182 Å². The maximum atomic E-state index is 6.53. The van der Waals surface area contributed by atoms with Crippen LogP contribution in [0.2, 0.25) is 0 Å². The van der Waals surface area contributed by atoms with Gasteiger partial charge in [0.05, 0.1) is 0 Å². The minimum absolute atomic E-state index is 0.833. The van der Waals surface area contributed by atoms with Crippen LogP contribution in [-0.2, 0) is 0 Å². The molecule has 0 radical (unpaired) electrons. The van der Waals surface area contributed by atoms with Gasteiger partial charge in [-0.1, -0.05) is 152 Å². The lowest BCUT2D eigenvalue weighted by molar-refractivity contribution is 0.656. The molecule has 12 aromatic rings. The maximum Gasteiger partial charge on any atom is 0.139 e. The van der Waals surface area contributed by atoms with Crippen LogP contribution in [0.3, 0.4) is 0 Å². The quantitative estimate of drug-likeness (QED) is 0.173. The van der Waals surface area contributed by atoms with Crippen molar-refractivity contribution in [3.8, 4) is 33.4 Å². The topological polar surface area (TPSA) is 26.3 Å². The Balaban J connectivity index is 1.07. The van der Waals surface area contributed by atoms with Gasteiger partial charge in [-0.2, -0.15) is 0 Å². The highest BCUT2D eigenvalue weighted by Gasteiger charge is 2.20. The molecule has 54 heavy (non-hydrogen) atoms. The SMILES string of the molecule is c1ccc2c(-c3c4ccccc4c(-c4ccc(-c5ccc6c(c5)oc5cc7oc8ccccc8c7cc56)c5ccccc45)c4ccccc34)cccc2c1. The van der Waals surface area contributed by atoms with Crippen molar-refractivity contribution in [3.63, 3.8) is 0 Å². The van der Waals surface area contributed by atoms with E-state index in [1.165, 1.54) is 70.9 Å². The van der Waals surface area contributed by atoms with Crippen LogP contribution in [0.5, 0.6) is 0 Å². The molecule has 0 aliphatic rings. The van der Waals surface area contributed by atoms with E-state index in [1.54, 1.807) is 0 Å². The van der Waals surface area contributed by atoms with Crippen molar-refractivity contribution in [1.82, 2.24) is 0 Å². The number of fused-ring (bicyclic) bond motifs is 10. The molecule has 0 saturated carbocycles. The standard InChI is InChI=1S/C52H30O2/c1-2-14-33-31(12-1)13-11-22-39(33)51-40-18-5-7-20-42(40)52(43-21-8-6-19-41(43)51)44-27-26-34(35-15-3-4-16-36(35)44)32-24-25-38-46-29-45-37-17-9-10-23-47(37)53-49(45)30-50(46)54-48(38)28-32/h1-30H. The fourth-order valence-corrected chi connectivity index (χ4v) is 9.08. The van der Waals surface area contributed by atoms with Gasteiger partial charge in [-0.15, -0.1) is 0 Å². The molecule has 0 amide bonds. The summed E-state index contributed by atoms with van der Waals surface area (Å²) in [5.74, 6) is 0. The van der Waals surface area contributed by atoms with Gasteiger partial charge in [0.1, 0.15) is 22.3 Å². The van der Waals surface area contributed by atoms with E-state index in [0.717, 1.165) is 49.4 Å². The molecular weight excluding hydrogens is 657 g/mol. The zero-order chi connectivity index (χ0) is 35.3. The van der Waals surface area contributed by atoms with Gasteiger partial charge < -0.3 is 8.83 Å². The molecule has 0 aliphatic carbocycles. The van der Waals surface area contributed by atoms with Crippen LogP contribution in [0, 0.1) is 0 Å². The van der Waals surface area contributed by atoms with Crippen LogP contribution in [-0.4, -0.2) is 0 Å². The molecule has 250 valence electrons. The Hall–Kier alpha value is -7.16. The molecule has 2 aromatic heterocycles. The normalized spacial score (nSPS) is 12.1. The molecule has 10 aromatic carbocycles. The van der Waals surface area contributed by atoms with E-state index < -0.39 is 0 Å². The van der Waals surface area contributed by atoms with Crippen LogP contribution in [0.1, 0.15) is 0 Å². The summed E-state index contributed by atoms with van der Waals surface area (Å²) in [7, 11) is 0. The summed E-state index contributed by atoms with van der Waals surface area (Å²) in [5, 5.41) is 14.4. The van der Waals surface area contributed by atoms with E-state index in [1.807, 2.05) is 18.2 Å². The molecule has 0 unspecified atom stereocenters. The van der Waals surface area contributed by atoms with E-state index in [0.29, 0.717) is 0 Å². The first-order valence-electron chi connectivity index (χ1n) is 18.5. The largest absolute Gasteiger partial charge is 0.456 e. The molecule has 0 bridgehead atoms. The van der Waals surface area contributed by atoms with Crippen LogP contribution in [0.4, 0.5) is 0 Å². The molecule has 0 spiro atoms. The highest BCUT2D eigenvalue weighted by molar-refractivity contribution is 6.26. The minimum atomic E-state index is 0.833. The van der Waals surface area contributed by atoms with Gasteiger partial charge in [0.25, 0.3) is 0 Å². The number of furan rings is 2. The smallest absolute Gasteiger partial charge is 0.139 e. The van der Waals surface area contributed by atoms with Gasteiger partial charge in [0.15, 0.2) is 0 Å². The Morgan fingerprint density at radius 3 is 1.39 bits per heavy atom. The van der Waals surface area contributed by atoms with Crippen molar-refractivity contribution in [1.29, 1.82) is 0 Å². The third kappa shape index (κ3) is 4.17. The fourth-order valence-electron chi connectivity index (χ4n) is 9.08. The molecule has 12 rings (SSSR count). The molecule has 2 heterocycles. The van der Waals surface area contributed by atoms with Gasteiger partial charge in [-0.05, 0) is 101 Å². The summed E-state index contributed by atoms with van der Waals surface area (Å²) in [5.41, 5.74) is 10.8. The third-order valence-electron chi connectivity index (χ3n) is 11.5. The van der Waals surface area contributed by atoms with Gasteiger partial charge in [-0.25, -0.2) is 0 Å². The Morgan fingerprint density at radius 2 is 0.704 bits per heavy atom. The highest BCUT2D eigenvalue weighted by Crippen LogP contribution is 2.48. The predicted octanol–water partition coefficient (Wildman–Crippen LogP) is 15.1. The van der Waals surface area contributed by atoms with Gasteiger partial charge in [0, 0.05) is 27.6 Å². The number of benzene rings is 10. The first kappa shape index (κ1) is 29.4. The van der Waals surface area contributed by atoms with E-state index in [2.05, 4.69) is 164 Å². The second-order valence-corrected chi connectivity index (χ2v) is 14.3. The first-order chi connectivity index (χ1) is 26.8. The lowest BCUT2D eigenvalue weighted by Crippen LogP contribution is -1.93. The molecular formula is C52H30O2. The van der Waals surface area contributed by atoms with Gasteiger partial charge in [-0.3, -0.25) is 0 Å². The summed E-state index contributed by atoms with van der Waals surface area (Å²) in [6, 6.07) is 65.8. The number of rotatable bonds is 3. The number of hydrogen-bond donors (Lipinski definition) is 0. The molecule has 2 nitrogen and oxygen atoms in total. The average molecular weight is 687 g/mol. The molecule has 0 saturated heterocycles. The lowest BCUT2D eigenvalue weighted by atomic mass is 9.83. The van der Waals surface area contributed by atoms with E-state index in [4.69, 9.17) is 8.83 Å². The Kier molecular flexibility index (Phi) is 6.09. The van der Waals surface area contributed by atoms with E-state index >= 15 is 0 Å². The van der Waals surface area contributed by atoms with Crippen molar-refractivity contribution in [2.24, 2.45) is 0 Å². The Bertz CT molecular complexity index is 3440. The van der Waals surface area contributed by atoms with Crippen molar-refractivity contribution in [2.75, 3.05) is 0 Å². The predicted molar refractivity (Wildman–Crippen MR) is 227 cm³/mol. The monoisotopic (exact) mass is 686 g/mol. The molecule has 0 aliphatic heterocycles. The lowest BCUT2D eigenvalue weighted by Gasteiger charge is -2.20. The van der Waals surface area contributed by atoms with Crippen LogP contribution in [0.25, 0.3) is 120 Å². The number of hydrogen-bond acceptors (Lipinski definition) is 2. The Labute approximate surface area is 310 Å². The third-order valence-corrected chi connectivity index (χ3v) is 11.5. The highest BCUT2D eigenvalue weighted by atomic mass is 16.3. The number of para-hydroxylation sites is 1. The summed E-state index contributed by atoms with van der Waals surface area (Å²) in [4.78, 5) is 0. The molecule has 0 atom stereocenters. The summed E-state index contributed by atoms with van der Waals surface area (Å²) < 4.78 is 12.7. The van der Waals surface area contributed by atoms with Crippen LogP contribution < -0.4 is 0 Å². The zero-order valence-electron chi connectivity index (χ0n) is 29.1. The van der Waals surface area contributed by atoms with Crippen molar-refractivity contribution in [2.45, 2.75) is 0 Å². The summed E-state index contributed by atoms with van der Waals surface area (Å²) >= 11 is 0. The molecule has 2 heteroatoms. The van der Waals surface area contributed by atoms with Crippen molar-refractivity contribution < 1.29 is 8.83 Å². The van der Waals surface area contributed by atoms with E-state index in [9.17, 15) is 0 Å². The van der Waals surface area contributed by atoms with E-state index in [-0.39, 0.29) is 0 Å². The second kappa shape index (κ2) is 11.2. The first-order valence-corrected chi connectivity index (χ1v) is 18.5. The van der Waals surface area contributed by atoms with Gasteiger partial charge in [0.2, 0.25) is 0 Å². The van der Waals surface area contributed by atoms with Gasteiger partial charge >= 0.3 is 0 Å². The minimum Gasteiger partial charge on any atom is -0.456 e. The average Bonchev–Trinajstić information content (AvgIpc) is 3.78. The second-order valence-electron chi connectivity index (χ2n) is 14.3. The maximum absolute atomic E-state index is 6.53. The van der Waals surface area contributed by atoms with Crippen LogP contribution >= 0.6 is 0 Å². The summed E-state index contributed by atoms with van der Waals surface area (Å²) in [6.07, 6.45) is 0. The van der Waals surface area contributed by atoms with Crippen LogP contribution in [0.15, 0.2) is 191 Å². The zero-order valence-corrected chi connectivity index (χ0v) is 29.1. The molecule has 0 fully saturated rings. The fraction of sp³-hybridized carbons (Fsp3) is 0.